The molecule has 0 radical (unpaired) electrons. The third-order valence-corrected chi connectivity index (χ3v) is 5.56. The molecule has 0 bridgehead atoms. The van der Waals surface area contributed by atoms with Gasteiger partial charge >= 0.3 is 0 Å². The van der Waals surface area contributed by atoms with Crippen LogP contribution in [0.2, 0.25) is 0 Å². The monoisotopic (exact) mass is 283 g/mol. The second-order valence-electron chi connectivity index (χ2n) is 5.30. The van der Waals surface area contributed by atoms with Gasteiger partial charge in [0.1, 0.15) is 0 Å². The molecule has 0 saturated heterocycles. The summed E-state index contributed by atoms with van der Waals surface area (Å²) >= 11 is 0. The Morgan fingerprint density at radius 1 is 1.26 bits per heavy atom. The number of rotatable bonds is 7. The van der Waals surface area contributed by atoms with Gasteiger partial charge in [0.25, 0.3) is 0 Å². The highest BCUT2D eigenvalue weighted by Gasteiger charge is 2.18. The molecule has 3 nitrogen and oxygen atoms in total. The van der Waals surface area contributed by atoms with Crippen LogP contribution in [0.5, 0.6) is 0 Å². The van der Waals surface area contributed by atoms with Crippen molar-refractivity contribution in [3.63, 3.8) is 0 Å². The maximum Gasteiger partial charge on any atom is 0.180 e. The van der Waals surface area contributed by atoms with E-state index in [-0.39, 0.29) is 11.3 Å². The van der Waals surface area contributed by atoms with Crippen molar-refractivity contribution in [3.05, 3.63) is 29.8 Å². The number of aryl methyl sites for hydroxylation is 1. The fraction of sp³-hybridized carbons (Fsp3) is 0.600. The molecule has 1 atom stereocenters. The van der Waals surface area contributed by atoms with Crippen LogP contribution in [0.1, 0.15) is 45.6 Å². The summed E-state index contributed by atoms with van der Waals surface area (Å²) in [6.07, 6.45) is 3.86. The molecule has 0 amide bonds. The zero-order chi connectivity index (χ0) is 14.5. The van der Waals surface area contributed by atoms with Crippen molar-refractivity contribution in [2.24, 2.45) is 5.73 Å². The summed E-state index contributed by atoms with van der Waals surface area (Å²) in [5, 5.41) is -0.378. The Balaban J connectivity index is 2.73. The second-order valence-corrected chi connectivity index (χ2v) is 7.81. The topological polar surface area (TPSA) is 60.2 Å². The molecule has 19 heavy (non-hydrogen) atoms. The summed E-state index contributed by atoms with van der Waals surface area (Å²) in [6, 6.07) is 7.53. The molecule has 0 fully saturated rings. The van der Waals surface area contributed by atoms with Gasteiger partial charge in [-0.25, -0.2) is 8.42 Å². The van der Waals surface area contributed by atoms with E-state index in [1.54, 1.807) is 26.0 Å². The van der Waals surface area contributed by atoms with Crippen molar-refractivity contribution in [3.8, 4) is 0 Å². The zero-order valence-electron chi connectivity index (χ0n) is 12.1. The van der Waals surface area contributed by atoms with Crippen molar-refractivity contribution >= 4 is 9.84 Å². The maximum atomic E-state index is 12.1. The van der Waals surface area contributed by atoms with E-state index < -0.39 is 9.84 Å². The summed E-state index contributed by atoms with van der Waals surface area (Å²) in [6.45, 7) is 5.51. The largest absolute Gasteiger partial charge is 0.328 e. The Kier molecular flexibility index (Phi) is 6.01. The Morgan fingerprint density at radius 2 is 1.95 bits per heavy atom. The molecular formula is C15H25NO2S. The van der Waals surface area contributed by atoms with Gasteiger partial charge in [-0.05, 0) is 57.2 Å². The molecule has 4 heteroatoms. The van der Waals surface area contributed by atoms with Crippen LogP contribution in [0.3, 0.4) is 0 Å². The van der Waals surface area contributed by atoms with E-state index in [0.29, 0.717) is 4.90 Å². The lowest BCUT2D eigenvalue weighted by molar-refractivity contribution is 0.567. The first-order valence-electron chi connectivity index (χ1n) is 6.96. The fourth-order valence-corrected chi connectivity index (χ4v) is 3.05. The van der Waals surface area contributed by atoms with Crippen LogP contribution in [0.15, 0.2) is 29.2 Å². The molecule has 0 heterocycles. The minimum absolute atomic E-state index is 0.252. The molecular weight excluding hydrogens is 258 g/mol. The molecule has 0 aliphatic heterocycles. The van der Waals surface area contributed by atoms with Gasteiger partial charge in [-0.3, -0.25) is 0 Å². The predicted octanol–water partition coefficient (Wildman–Crippen LogP) is 2.93. The van der Waals surface area contributed by atoms with E-state index in [2.05, 4.69) is 6.92 Å². The molecule has 0 spiro atoms. The average molecular weight is 283 g/mol. The lowest BCUT2D eigenvalue weighted by atomic mass is 10.0. The Labute approximate surface area is 117 Å². The van der Waals surface area contributed by atoms with Gasteiger partial charge in [-0.15, -0.1) is 0 Å². The van der Waals surface area contributed by atoms with Gasteiger partial charge in [0, 0.05) is 6.04 Å². The highest BCUT2D eigenvalue weighted by Crippen LogP contribution is 2.18. The smallest absolute Gasteiger partial charge is 0.180 e. The maximum absolute atomic E-state index is 12.1. The van der Waals surface area contributed by atoms with Crippen molar-refractivity contribution in [1.82, 2.24) is 0 Å². The third-order valence-electron chi connectivity index (χ3n) is 3.41. The van der Waals surface area contributed by atoms with Gasteiger partial charge in [0.05, 0.1) is 10.1 Å². The van der Waals surface area contributed by atoms with Gasteiger partial charge in [-0.1, -0.05) is 19.1 Å². The minimum atomic E-state index is -3.17. The second kappa shape index (κ2) is 7.06. The SMILES string of the molecule is CCC(N)CCCc1cccc(S(=O)(=O)C(C)C)c1. The number of hydrogen-bond acceptors (Lipinski definition) is 3. The van der Waals surface area contributed by atoms with Crippen LogP contribution in [-0.2, 0) is 16.3 Å². The van der Waals surface area contributed by atoms with Crippen LogP contribution >= 0.6 is 0 Å². The van der Waals surface area contributed by atoms with E-state index in [4.69, 9.17) is 5.73 Å². The summed E-state index contributed by atoms with van der Waals surface area (Å²) in [5.41, 5.74) is 6.95. The molecule has 0 aliphatic carbocycles. The molecule has 108 valence electrons. The van der Waals surface area contributed by atoms with Crippen LogP contribution in [-0.4, -0.2) is 19.7 Å². The average Bonchev–Trinajstić information content (AvgIpc) is 2.38. The highest BCUT2D eigenvalue weighted by atomic mass is 32.2. The van der Waals surface area contributed by atoms with Crippen molar-refractivity contribution in [2.75, 3.05) is 0 Å². The highest BCUT2D eigenvalue weighted by molar-refractivity contribution is 7.92. The normalized spacial score (nSPS) is 13.7. The zero-order valence-corrected chi connectivity index (χ0v) is 12.9. The number of nitrogens with two attached hydrogens (primary N) is 1. The quantitative estimate of drug-likeness (QED) is 0.837. The molecule has 1 rings (SSSR count). The predicted molar refractivity (Wildman–Crippen MR) is 80.0 cm³/mol. The van der Waals surface area contributed by atoms with E-state index in [0.717, 1.165) is 31.2 Å². The Morgan fingerprint density at radius 3 is 2.53 bits per heavy atom. The first-order chi connectivity index (χ1) is 8.87. The van der Waals surface area contributed by atoms with Crippen LogP contribution in [0.25, 0.3) is 0 Å². The lowest BCUT2D eigenvalue weighted by Gasteiger charge is -2.11. The fourth-order valence-electron chi connectivity index (χ4n) is 1.92. The third kappa shape index (κ3) is 4.62. The molecule has 0 aromatic heterocycles. The van der Waals surface area contributed by atoms with Crippen LogP contribution in [0.4, 0.5) is 0 Å². The minimum Gasteiger partial charge on any atom is -0.328 e. The standard InChI is InChI=1S/C15H25NO2S/c1-4-14(16)9-5-7-13-8-6-10-15(11-13)19(17,18)12(2)3/h6,8,10-12,14H,4-5,7,9,16H2,1-3H3. The lowest BCUT2D eigenvalue weighted by Crippen LogP contribution is -2.18. The summed E-state index contributed by atoms with van der Waals surface area (Å²) < 4.78 is 24.2. The first-order valence-corrected chi connectivity index (χ1v) is 8.51. The van der Waals surface area contributed by atoms with E-state index in [1.807, 2.05) is 12.1 Å². The molecule has 0 saturated carbocycles. The molecule has 1 aromatic rings. The summed E-state index contributed by atoms with van der Waals surface area (Å²) in [7, 11) is -3.17. The van der Waals surface area contributed by atoms with Crippen LogP contribution < -0.4 is 5.73 Å². The molecule has 1 unspecified atom stereocenters. The van der Waals surface area contributed by atoms with Crippen molar-refractivity contribution in [2.45, 2.75) is 62.6 Å². The van der Waals surface area contributed by atoms with Crippen molar-refractivity contribution < 1.29 is 8.42 Å². The Bertz CT molecular complexity index is 495. The van der Waals surface area contributed by atoms with E-state index >= 15 is 0 Å². The van der Waals surface area contributed by atoms with Crippen LogP contribution in [0, 0.1) is 0 Å². The first kappa shape index (κ1) is 16.2. The van der Waals surface area contributed by atoms with E-state index in [9.17, 15) is 8.42 Å². The van der Waals surface area contributed by atoms with E-state index in [1.165, 1.54) is 0 Å². The van der Waals surface area contributed by atoms with Gasteiger partial charge in [0.15, 0.2) is 9.84 Å². The summed E-state index contributed by atoms with van der Waals surface area (Å²) in [5.74, 6) is 0. The Hall–Kier alpha value is -0.870. The molecule has 1 aromatic carbocycles. The number of hydrogen-bond donors (Lipinski definition) is 1. The number of benzene rings is 1. The van der Waals surface area contributed by atoms with Gasteiger partial charge in [-0.2, -0.15) is 0 Å². The molecule has 0 aliphatic rings. The number of sulfone groups is 1. The molecule has 2 N–H and O–H groups in total. The van der Waals surface area contributed by atoms with Crippen molar-refractivity contribution in [1.29, 1.82) is 0 Å². The summed E-state index contributed by atoms with van der Waals surface area (Å²) in [4.78, 5) is 0.430. The van der Waals surface area contributed by atoms with Gasteiger partial charge in [0.2, 0.25) is 0 Å². The van der Waals surface area contributed by atoms with Gasteiger partial charge < -0.3 is 5.73 Å².